The highest BCUT2D eigenvalue weighted by molar-refractivity contribution is 7.89. The molecule has 0 aliphatic carbocycles. The Labute approximate surface area is 111 Å². The zero-order valence-corrected chi connectivity index (χ0v) is 11.2. The molecule has 0 atom stereocenters. The fourth-order valence-corrected chi connectivity index (χ4v) is 3.41. The van der Waals surface area contributed by atoms with E-state index in [1.807, 2.05) is 36.4 Å². The van der Waals surface area contributed by atoms with Crippen LogP contribution in [0.4, 0.5) is 0 Å². The van der Waals surface area contributed by atoms with Crippen LogP contribution in [0.2, 0.25) is 0 Å². The first kappa shape index (κ1) is 13.0. The Morgan fingerprint density at radius 2 is 1.94 bits per heavy atom. The van der Waals surface area contributed by atoms with Crippen molar-refractivity contribution in [1.82, 2.24) is 4.72 Å². The van der Waals surface area contributed by atoms with E-state index in [9.17, 15) is 8.42 Å². The monoisotopic (exact) mass is 279 g/mol. The minimum Gasteiger partial charge on any atom is -0.207 e. The second-order valence-electron chi connectivity index (χ2n) is 3.62. The van der Waals surface area contributed by atoms with Gasteiger partial charge in [-0.05, 0) is 17.0 Å². The summed E-state index contributed by atoms with van der Waals surface area (Å²) in [5.74, 6) is 0. The van der Waals surface area contributed by atoms with Gasteiger partial charge in [0.2, 0.25) is 10.0 Å². The molecule has 94 valence electrons. The third-order valence-electron chi connectivity index (χ3n) is 2.31. The summed E-state index contributed by atoms with van der Waals surface area (Å²) in [5, 5.41) is 3.36. The summed E-state index contributed by atoms with van der Waals surface area (Å²) in [7, 11) is -3.36. The van der Waals surface area contributed by atoms with Gasteiger partial charge in [-0.3, -0.25) is 0 Å². The molecule has 0 bridgehead atoms. The highest BCUT2D eigenvalue weighted by Gasteiger charge is 2.11. The van der Waals surface area contributed by atoms with Crippen molar-refractivity contribution in [3.05, 3.63) is 58.8 Å². The summed E-state index contributed by atoms with van der Waals surface area (Å²) < 4.78 is 26.1. The number of hydrogen-bond acceptors (Lipinski definition) is 3. The third-order valence-corrected chi connectivity index (χ3v) is 4.56. The van der Waals surface area contributed by atoms with Gasteiger partial charge in [0.05, 0.1) is 4.90 Å². The van der Waals surface area contributed by atoms with Crippen LogP contribution in [-0.2, 0) is 10.0 Å². The Bertz CT molecular complexity index is 602. The van der Waals surface area contributed by atoms with Crippen molar-refractivity contribution in [2.24, 2.45) is 0 Å². The van der Waals surface area contributed by atoms with Crippen molar-refractivity contribution >= 4 is 27.4 Å². The zero-order chi connectivity index (χ0) is 12.8. The van der Waals surface area contributed by atoms with Crippen LogP contribution in [0.3, 0.4) is 0 Å². The molecule has 3 nitrogen and oxygen atoms in total. The van der Waals surface area contributed by atoms with Crippen molar-refractivity contribution in [3.8, 4) is 0 Å². The van der Waals surface area contributed by atoms with Crippen LogP contribution in [0.5, 0.6) is 0 Å². The molecule has 18 heavy (non-hydrogen) atoms. The summed E-state index contributed by atoms with van der Waals surface area (Å²) in [5.41, 5.74) is 1.05. The number of thiophene rings is 1. The zero-order valence-electron chi connectivity index (χ0n) is 9.61. The Morgan fingerprint density at radius 3 is 2.61 bits per heavy atom. The molecule has 5 heteroatoms. The van der Waals surface area contributed by atoms with Crippen LogP contribution in [0.1, 0.15) is 5.56 Å². The van der Waals surface area contributed by atoms with Gasteiger partial charge in [0.15, 0.2) is 0 Å². The second kappa shape index (κ2) is 5.95. The van der Waals surface area contributed by atoms with Crippen LogP contribution in [0.15, 0.2) is 58.1 Å². The fourth-order valence-electron chi connectivity index (χ4n) is 1.41. The average molecular weight is 279 g/mol. The number of rotatable bonds is 5. The molecule has 0 aliphatic heterocycles. The lowest BCUT2D eigenvalue weighted by molar-refractivity contribution is 0.586. The van der Waals surface area contributed by atoms with E-state index < -0.39 is 10.0 Å². The molecule has 1 heterocycles. The van der Waals surface area contributed by atoms with Crippen LogP contribution in [0, 0.1) is 0 Å². The lowest BCUT2D eigenvalue weighted by Gasteiger charge is -2.01. The lowest BCUT2D eigenvalue weighted by Crippen LogP contribution is -2.23. The van der Waals surface area contributed by atoms with Gasteiger partial charge in [0.25, 0.3) is 0 Å². The van der Waals surface area contributed by atoms with Crippen LogP contribution in [0.25, 0.3) is 6.08 Å². The normalized spacial score (nSPS) is 12.0. The van der Waals surface area contributed by atoms with E-state index in [-0.39, 0.29) is 6.54 Å². The predicted octanol–water partition coefficient (Wildman–Crippen LogP) is 2.74. The second-order valence-corrected chi connectivity index (χ2v) is 6.17. The van der Waals surface area contributed by atoms with E-state index in [1.165, 1.54) is 11.3 Å². The minimum atomic E-state index is -3.36. The van der Waals surface area contributed by atoms with Crippen molar-refractivity contribution in [2.45, 2.75) is 4.90 Å². The van der Waals surface area contributed by atoms with Gasteiger partial charge in [-0.2, -0.15) is 11.3 Å². The number of benzene rings is 1. The van der Waals surface area contributed by atoms with Crippen molar-refractivity contribution in [3.63, 3.8) is 0 Å². The van der Waals surface area contributed by atoms with E-state index >= 15 is 0 Å². The highest BCUT2D eigenvalue weighted by Crippen LogP contribution is 2.12. The standard InChI is InChI=1S/C13H13NO2S2/c15-18(16,13-8-10-17-11-13)14-9-4-7-12-5-2-1-3-6-12/h1-8,10-11,14H,9H2. The fraction of sp³-hybridized carbons (Fsp3) is 0.0769. The topological polar surface area (TPSA) is 46.2 Å². The summed E-state index contributed by atoms with van der Waals surface area (Å²) in [6.07, 6.45) is 3.68. The molecule has 0 unspecified atom stereocenters. The molecule has 0 fully saturated rings. The molecule has 0 aliphatic rings. The first-order chi connectivity index (χ1) is 8.68. The molecular formula is C13H13NO2S2. The van der Waals surface area contributed by atoms with Crippen LogP contribution in [-0.4, -0.2) is 15.0 Å². The summed E-state index contributed by atoms with van der Waals surface area (Å²) in [6, 6.07) is 11.3. The third kappa shape index (κ3) is 3.53. The van der Waals surface area contributed by atoms with Crippen molar-refractivity contribution in [1.29, 1.82) is 0 Å². The highest BCUT2D eigenvalue weighted by atomic mass is 32.2. The minimum absolute atomic E-state index is 0.285. The van der Waals surface area contributed by atoms with Gasteiger partial charge in [0, 0.05) is 11.9 Å². The molecule has 1 N–H and O–H groups in total. The van der Waals surface area contributed by atoms with Gasteiger partial charge >= 0.3 is 0 Å². The molecule has 2 aromatic rings. The maximum Gasteiger partial charge on any atom is 0.241 e. The number of sulfonamides is 1. The molecular weight excluding hydrogens is 266 g/mol. The van der Waals surface area contributed by atoms with E-state index in [4.69, 9.17) is 0 Å². The predicted molar refractivity (Wildman–Crippen MR) is 75.0 cm³/mol. The van der Waals surface area contributed by atoms with Gasteiger partial charge in [-0.25, -0.2) is 13.1 Å². The maximum absolute atomic E-state index is 11.8. The number of nitrogens with one attached hydrogen (secondary N) is 1. The SMILES string of the molecule is O=S(=O)(NCC=Cc1ccccc1)c1ccsc1. The molecule has 0 spiro atoms. The quantitative estimate of drug-likeness (QED) is 0.914. The maximum atomic E-state index is 11.8. The van der Waals surface area contributed by atoms with E-state index in [0.29, 0.717) is 4.90 Å². The van der Waals surface area contributed by atoms with Gasteiger partial charge in [-0.1, -0.05) is 42.5 Å². The Morgan fingerprint density at radius 1 is 1.17 bits per heavy atom. The lowest BCUT2D eigenvalue weighted by atomic mass is 10.2. The molecule has 1 aromatic carbocycles. The first-order valence-corrected chi connectivity index (χ1v) is 7.84. The van der Waals surface area contributed by atoms with Crippen LogP contribution < -0.4 is 4.72 Å². The smallest absolute Gasteiger partial charge is 0.207 e. The summed E-state index contributed by atoms with van der Waals surface area (Å²) in [4.78, 5) is 0.320. The van der Waals surface area contributed by atoms with E-state index in [2.05, 4.69) is 4.72 Å². The van der Waals surface area contributed by atoms with Gasteiger partial charge in [-0.15, -0.1) is 0 Å². The Kier molecular flexibility index (Phi) is 4.30. The van der Waals surface area contributed by atoms with Gasteiger partial charge in [0.1, 0.15) is 0 Å². The van der Waals surface area contributed by atoms with Gasteiger partial charge < -0.3 is 0 Å². The molecule has 0 amide bonds. The Balaban J connectivity index is 1.92. The molecule has 2 rings (SSSR count). The molecule has 0 saturated carbocycles. The van der Waals surface area contributed by atoms with Crippen molar-refractivity contribution < 1.29 is 8.42 Å². The summed E-state index contributed by atoms with van der Waals surface area (Å²) >= 11 is 1.37. The first-order valence-electron chi connectivity index (χ1n) is 5.42. The largest absolute Gasteiger partial charge is 0.241 e. The summed E-state index contributed by atoms with van der Waals surface area (Å²) in [6.45, 7) is 0.285. The van der Waals surface area contributed by atoms with E-state index in [0.717, 1.165) is 5.56 Å². The van der Waals surface area contributed by atoms with Crippen molar-refractivity contribution in [2.75, 3.05) is 6.54 Å². The van der Waals surface area contributed by atoms with E-state index in [1.54, 1.807) is 22.9 Å². The molecule has 0 saturated heterocycles. The Hall–Kier alpha value is -1.43. The average Bonchev–Trinajstić information content (AvgIpc) is 2.91. The van der Waals surface area contributed by atoms with Crippen LogP contribution >= 0.6 is 11.3 Å². The number of hydrogen-bond donors (Lipinski definition) is 1. The molecule has 1 aromatic heterocycles. The molecule has 0 radical (unpaired) electrons.